The van der Waals surface area contributed by atoms with E-state index in [-0.39, 0.29) is 5.97 Å². The summed E-state index contributed by atoms with van der Waals surface area (Å²) in [5.74, 6) is -0.145. The lowest BCUT2D eigenvalue weighted by molar-refractivity contribution is -0.151. The van der Waals surface area contributed by atoms with Crippen molar-refractivity contribution < 1.29 is 9.53 Å². The van der Waals surface area contributed by atoms with Gasteiger partial charge in [-0.3, -0.25) is 14.6 Å². The summed E-state index contributed by atoms with van der Waals surface area (Å²) in [5.41, 5.74) is -0.604. The van der Waals surface area contributed by atoms with E-state index in [0.29, 0.717) is 12.6 Å². The summed E-state index contributed by atoms with van der Waals surface area (Å²) in [6.07, 6.45) is 3.98. The van der Waals surface area contributed by atoms with Gasteiger partial charge in [-0.15, -0.1) is 0 Å². The SMILES string of the molecule is CCOC(=O)C(C)(CN1CCN2CCCCC2C1)NC. The molecule has 0 spiro atoms. The number of piperidine rings is 1. The van der Waals surface area contributed by atoms with Crippen LogP contribution < -0.4 is 5.32 Å². The monoisotopic (exact) mass is 283 g/mol. The average Bonchev–Trinajstić information content (AvgIpc) is 2.47. The number of nitrogens with zero attached hydrogens (tertiary/aromatic N) is 2. The lowest BCUT2D eigenvalue weighted by Gasteiger charge is -2.45. The molecule has 2 unspecified atom stereocenters. The molecule has 5 nitrogen and oxygen atoms in total. The van der Waals surface area contributed by atoms with E-state index in [9.17, 15) is 4.79 Å². The van der Waals surface area contributed by atoms with Crippen LogP contribution in [0.15, 0.2) is 0 Å². The third-order valence-electron chi connectivity index (χ3n) is 4.74. The van der Waals surface area contributed by atoms with E-state index >= 15 is 0 Å². The minimum absolute atomic E-state index is 0.145. The first-order valence-corrected chi connectivity index (χ1v) is 7.91. The van der Waals surface area contributed by atoms with Crippen LogP contribution in [0.25, 0.3) is 0 Å². The quantitative estimate of drug-likeness (QED) is 0.753. The van der Waals surface area contributed by atoms with Gasteiger partial charge in [0, 0.05) is 32.2 Å². The summed E-state index contributed by atoms with van der Waals surface area (Å²) in [6.45, 7) is 9.48. The zero-order chi connectivity index (χ0) is 14.6. The van der Waals surface area contributed by atoms with Gasteiger partial charge in [-0.05, 0) is 40.3 Å². The zero-order valence-corrected chi connectivity index (χ0v) is 13.2. The molecule has 2 aliphatic rings. The Kier molecular flexibility index (Phi) is 5.41. The summed E-state index contributed by atoms with van der Waals surface area (Å²) in [5, 5.41) is 3.15. The summed E-state index contributed by atoms with van der Waals surface area (Å²) in [4.78, 5) is 17.2. The van der Waals surface area contributed by atoms with Crippen LogP contribution in [0.1, 0.15) is 33.1 Å². The largest absolute Gasteiger partial charge is 0.465 e. The Morgan fingerprint density at radius 2 is 2.15 bits per heavy atom. The van der Waals surface area contributed by atoms with Crippen LogP contribution in [0.3, 0.4) is 0 Å². The highest BCUT2D eigenvalue weighted by Crippen LogP contribution is 2.22. The molecule has 0 saturated carbocycles. The van der Waals surface area contributed by atoms with Crippen LogP contribution in [0.5, 0.6) is 0 Å². The summed E-state index contributed by atoms with van der Waals surface area (Å²) in [7, 11) is 1.84. The fourth-order valence-corrected chi connectivity index (χ4v) is 3.35. The van der Waals surface area contributed by atoms with E-state index in [1.807, 2.05) is 20.9 Å². The van der Waals surface area contributed by atoms with Crippen molar-refractivity contribution in [2.75, 3.05) is 46.4 Å². The molecule has 2 atom stereocenters. The van der Waals surface area contributed by atoms with Gasteiger partial charge < -0.3 is 10.1 Å². The van der Waals surface area contributed by atoms with Crippen LogP contribution in [0.4, 0.5) is 0 Å². The third-order valence-corrected chi connectivity index (χ3v) is 4.74. The van der Waals surface area contributed by atoms with E-state index < -0.39 is 5.54 Å². The normalized spacial score (nSPS) is 27.6. The van der Waals surface area contributed by atoms with E-state index in [4.69, 9.17) is 4.74 Å². The minimum atomic E-state index is -0.604. The molecular formula is C15H29N3O2. The van der Waals surface area contributed by atoms with Crippen LogP contribution >= 0.6 is 0 Å². The van der Waals surface area contributed by atoms with Gasteiger partial charge in [-0.2, -0.15) is 0 Å². The number of nitrogens with one attached hydrogen (secondary N) is 1. The fourth-order valence-electron chi connectivity index (χ4n) is 3.35. The van der Waals surface area contributed by atoms with Crippen LogP contribution in [-0.4, -0.2) is 73.7 Å². The first-order chi connectivity index (χ1) is 9.59. The maximum atomic E-state index is 12.1. The second kappa shape index (κ2) is 6.87. The number of carbonyl (C=O) groups is 1. The van der Waals surface area contributed by atoms with Crippen molar-refractivity contribution in [2.45, 2.75) is 44.7 Å². The molecule has 0 bridgehead atoms. The molecule has 1 N–H and O–H groups in total. The number of piperazine rings is 1. The first-order valence-electron chi connectivity index (χ1n) is 7.91. The molecule has 20 heavy (non-hydrogen) atoms. The number of carbonyl (C=O) groups excluding carboxylic acids is 1. The number of esters is 1. The highest BCUT2D eigenvalue weighted by atomic mass is 16.5. The Bertz CT molecular complexity index is 337. The molecule has 2 saturated heterocycles. The van der Waals surface area contributed by atoms with Crippen molar-refractivity contribution in [2.24, 2.45) is 0 Å². The smallest absolute Gasteiger partial charge is 0.327 e. The van der Waals surface area contributed by atoms with Gasteiger partial charge in [0.25, 0.3) is 0 Å². The van der Waals surface area contributed by atoms with Crippen molar-refractivity contribution in [3.8, 4) is 0 Å². The highest BCUT2D eigenvalue weighted by Gasteiger charge is 2.37. The predicted molar refractivity (Wildman–Crippen MR) is 79.7 cm³/mol. The minimum Gasteiger partial charge on any atom is -0.465 e. The Labute approximate surface area is 122 Å². The molecule has 2 fully saturated rings. The van der Waals surface area contributed by atoms with Crippen molar-refractivity contribution in [1.29, 1.82) is 0 Å². The van der Waals surface area contributed by atoms with Gasteiger partial charge in [-0.25, -0.2) is 0 Å². The van der Waals surface area contributed by atoms with Crippen molar-refractivity contribution in [3.63, 3.8) is 0 Å². The molecule has 116 valence electrons. The molecule has 0 aromatic rings. The predicted octanol–water partition coefficient (Wildman–Crippen LogP) is 0.698. The number of ether oxygens (including phenoxy) is 1. The van der Waals surface area contributed by atoms with Crippen molar-refractivity contribution in [3.05, 3.63) is 0 Å². The molecule has 2 heterocycles. The van der Waals surface area contributed by atoms with Crippen LogP contribution in [-0.2, 0) is 9.53 Å². The average molecular weight is 283 g/mol. The second-order valence-corrected chi connectivity index (χ2v) is 6.22. The molecule has 0 aromatic carbocycles. The summed E-state index contributed by atoms with van der Waals surface area (Å²) < 4.78 is 5.21. The molecule has 2 aliphatic heterocycles. The van der Waals surface area contributed by atoms with Crippen molar-refractivity contribution in [1.82, 2.24) is 15.1 Å². The van der Waals surface area contributed by atoms with E-state index in [1.165, 1.54) is 25.8 Å². The summed E-state index contributed by atoms with van der Waals surface area (Å²) in [6, 6.07) is 0.681. The van der Waals surface area contributed by atoms with Gasteiger partial charge in [0.1, 0.15) is 5.54 Å². The van der Waals surface area contributed by atoms with E-state index in [2.05, 4.69) is 15.1 Å². The first kappa shape index (κ1) is 15.7. The topological polar surface area (TPSA) is 44.8 Å². The number of hydrogen-bond donors (Lipinski definition) is 1. The number of fused-ring (bicyclic) bond motifs is 1. The maximum absolute atomic E-state index is 12.1. The van der Waals surface area contributed by atoms with Gasteiger partial charge in [0.2, 0.25) is 0 Å². The standard InChI is InChI=1S/C15H29N3O2/c1-4-20-14(19)15(2,16-3)12-17-9-10-18-8-6-5-7-13(18)11-17/h13,16H,4-12H2,1-3H3. The third kappa shape index (κ3) is 3.51. The summed E-state index contributed by atoms with van der Waals surface area (Å²) >= 11 is 0. The molecule has 0 aliphatic carbocycles. The maximum Gasteiger partial charge on any atom is 0.327 e. The second-order valence-electron chi connectivity index (χ2n) is 6.22. The van der Waals surface area contributed by atoms with Crippen molar-refractivity contribution >= 4 is 5.97 Å². The number of rotatable bonds is 5. The Morgan fingerprint density at radius 1 is 1.35 bits per heavy atom. The number of hydrogen-bond acceptors (Lipinski definition) is 5. The van der Waals surface area contributed by atoms with Gasteiger partial charge in [-0.1, -0.05) is 6.42 Å². The zero-order valence-electron chi connectivity index (χ0n) is 13.2. The Hall–Kier alpha value is -0.650. The lowest BCUT2D eigenvalue weighted by Crippen LogP contribution is -2.61. The molecular weight excluding hydrogens is 254 g/mol. The highest BCUT2D eigenvalue weighted by molar-refractivity contribution is 5.80. The lowest BCUT2D eigenvalue weighted by atomic mass is 9.97. The van der Waals surface area contributed by atoms with Gasteiger partial charge in [0.15, 0.2) is 0 Å². The van der Waals surface area contributed by atoms with Gasteiger partial charge >= 0.3 is 5.97 Å². The molecule has 0 aromatic heterocycles. The van der Waals surface area contributed by atoms with E-state index in [0.717, 1.165) is 26.2 Å². The molecule has 2 rings (SSSR count). The van der Waals surface area contributed by atoms with Crippen LogP contribution in [0.2, 0.25) is 0 Å². The molecule has 0 radical (unpaired) electrons. The number of likely N-dealkylation sites (N-methyl/N-ethyl adjacent to an activating group) is 1. The fraction of sp³-hybridized carbons (Fsp3) is 0.933. The van der Waals surface area contributed by atoms with Crippen LogP contribution in [0, 0.1) is 0 Å². The Morgan fingerprint density at radius 3 is 2.85 bits per heavy atom. The molecule has 5 heteroatoms. The van der Waals surface area contributed by atoms with E-state index in [1.54, 1.807) is 0 Å². The Balaban J connectivity index is 1.92. The molecule has 0 amide bonds. The van der Waals surface area contributed by atoms with Gasteiger partial charge in [0.05, 0.1) is 6.61 Å².